The van der Waals surface area contributed by atoms with Gasteiger partial charge in [0.25, 0.3) is 0 Å². The Kier molecular flexibility index (Phi) is 4.07. The average molecular weight is 341 g/mol. The maximum atomic E-state index is 6.13. The molecule has 0 fully saturated rings. The third-order valence-electron chi connectivity index (χ3n) is 3.19. The molecule has 21 heavy (non-hydrogen) atoms. The third kappa shape index (κ3) is 2.73. The van der Waals surface area contributed by atoms with Crippen molar-refractivity contribution in [2.24, 2.45) is 0 Å². The summed E-state index contributed by atoms with van der Waals surface area (Å²) in [4.78, 5) is 9.20. The number of imidazole rings is 1. The van der Waals surface area contributed by atoms with Crippen LogP contribution < -0.4 is 0 Å². The minimum Gasteiger partial charge on any atom is -0.281 e. The van der Waals surface area contributed by atoms with E-state index in [0.29, 0.717) is 22.3 Å². The molecule has 0 spiro atoms. The van der Waals surface area contributed by atoms with Crippen molar-refractivity contribution in [2.75, 3.05) is 5.88 Å². The Balaban J connectivity index is 2.29. The van der Waals surface area contributed by atoms with E-state index in [9.17, 15) is 0 Å². The summed E-state index contributed by atoms with van der Waals surface area (Å²) in [6, 6.07) is 9.39. The molecule has 0 aliphatic heterocycles. The molecule has 2 heterocycles. The van der Waals surface area contributed by atoms with Crippen molar-refractivity contribution in [3.8, 4) is 5.69 Å². The average Bonchev–Trinajstić information content (AvgIpc) is 2.80. The zero-order valence-corrected chi connectivity index (χ0v) is 13.5. The predicted molar refractivity (Wildman–Crippen MR) is 88.0 cm³/mol. The normalized spacial score (nSPS) is 11.2. The molecule has 2 aromatic heterocycles. The number of benzene rings is 1. The van der Waals surface area contributed by atoms with Crippen molar-refractivity contribution in [2.45, 2.75) is 13.3 Å². The first-order valence-electron chi connectivity index (χ1n) is 6.46. The van der Waals surface area contributed by atoms with Gasteiger partial charge in [-0.25, -0.2) is 9.97 Å². The van der Waals surface area contributed by atoms with Crippen LogP contribution in [0.2, 0.25) is 10.0 Å². The highest BCUT2D eigenvalue weighted by Gasteiger charge is 2.14. The van der Waals surface area contributed by atoms with Crippen LogP contribution in [0.25, 0.3) is 16.9 Å². The maximum absolute atomic E-state index is 6.13. The maximum Gasteiger partial charge on any atom is 0.164 e. The van der Waals surface area contributed by atoms with E-state index in [1.165, 1.54) is 0 Å². The highest BCUT2D eigenvalue weighted by atomic mass is 35.5. The van der Waals surface area contributed by atoms with E-state index in [1.807, 2.05) is 35.8 Å². The molecule has 3 rings (SSSR count). The number of pyridine rings is 1. The van der Waals surface area contributed by atoms with Crippen molar-refractivity contribution >= 4 is 46.0 Å². The van der Waals surface area contributed by atoms with Crippen LogP contribution in [-0.4, -0.2) is 20.4 Å². The Bertz CT molecular complexity index is 811. The monoisotopic (exact) mass is 339 g/mol. The van der Waals surface area contributed by atoms with Gasteiger partial charge in [0.2, 0.25) is 0 Å². The summed E-state index contributed by atoms with van der Waals surface area (Å²) >= 11 is 18.0. The fourth-order valence-corrected chi connectivity index (χ4v) is 2.71. The van der Waals surface area contributed by atoms with Gasteiger partial charge in [-0.1, -0.05) is 23.2 Å². The lowest BCUT2D eigenvalue weighted by Gasteiger charge is -2.09. The van der Waals surface area contributed by atoms with E-state index >= 15 is 0 Å². The molecule has 6 heteroatoms. The smallest absolute Gasteiger partial charge is 0.164 e. The molecule has 0 saturated heterocycles. The van der Waals surface area contributed by atoms with Gasteiger partial charge in [-0.2, -0.15) is 0 Å². The highest BCUT2D eigenvalue weighted by molar-refractivity contribution is 6.42. The number of fused-ring (bicyclic) bond motifs is 1. The van der Waals surface area contributed by atoms with Crippen LogP contribution in [0.3, 0.4) is 0 Å². The minimum atomic E-state index is 0.490. The van der Waals surface area contributed by atoms with Gasteiger partial charge in [-0.15, -0.1) is 11.6 Å². The molecule has 0 N–H and O–H groups in total. The van der Waals surface area contributed by atoms with Crippen LogP contribution in [0.4, 0.5) is 0 Å². The molecule has 3 nitrogen and oxygen atoms in total. The summed E-state index contributed by atoms with van der Waals surface area (Å²) in [6.07, 6.45) is 0.650. The molecule has 0 amide bonds. The first-order valence-corrected chi connectivity index (χ1v) is 7.75. The lowest BCUT2D eigenvalue weighted by Crippen LogP contribution is -2.03. The quantitative estimate of drug-likeness (QED) is 0.640. The third-order valence-corrected chi connectivity index (χ3v) is 4.12. The number of alkyl halides is 1. The minimum absolute atomic E-state index is 0.490. The van der Waals surface area contributed by atoms with E-state index in [0.717, 1.165) is 28.4 Å². The van der Waals surface area contributed by atoms with Gasteiger partial charge < -0.3 is 0 Å². The van der Waals surface area contributed by atoms with Crippen LogP contribution in [0.5, 0.6) is 0 Å². The van der Waals surface area contributed by atoms with Crippen LogP contribution >= 0.6 is 34.8 Å². The second kappa shape index (κ2) is 5.84. The Labute approximate surface area is 137 Å². The number of aryl methyl sites for hydroxylation is 2. The first-order chi connectivity index (χ1) is 10.1. The lowest BCUT2D eigenvalue weighted by molar-refractivity contribution is 0.904. The van der Waals surface area contributed by atoms with Crippen LogP contribution in [0.1, 0.15) is 11.5 Å². The van der Waals surface area contributed by atoms with Crippen molar-refractivity contribution < 1.29 is 0 Å². The zero-order chi connectivity index (χ0) is 15.0. The fourth-order valence-electron chi connectivity index (χ4n) is 2.25. The number of nitrogens with zero attached hydrogens (tertiary/aromatic N) is 3. The Morgan fingerprint density at radius 1 is 1.05 bits per heavy atom. The van der Waals surface area contributed by atoms with E-state index in [1.54, 1.807) is 6.07 Å². The van der Waals surface area contributed by atoms with E-state index < -0.39 is 0 Å². The molecular weight excluding hydrogens is 329 g/mol. The predicted octanol–water partition coefficient (Wildman–Crippen LogP) is 4.82. The molecule has 0 atom stereocenters. The molecule has 0 aliphatic carbocycles. The molecule has 0 bridgehead atoms. The van der Waals surface area contributed by atoms with Crippen LogP contribution in [-0.2, 0) is 6.42 Å². The van der Waals surface area contributed by atoms with E-state index in [-0.39, 0.29) is 0 Å². The first kappa shape index (κ1) is 14.6. The second-order valence-corrected chi connectivity index (χ2v) is 5.89. The molecular formula is C15H12Cl3N3. The zero-order valence-electron chi connectivity index (χ0n) is 11.3. The number of rotatable bonds is 3. The summed E-state index contributed by atoms with van der Waals surface area (Å²) in [6.45, 7) is 1.95. The van der Waals surface area contributed by atoms with Gasteiger partial charge in [0, 0.05) is 18.0 Å². The second-order valence-electron chi connectivity index (χ2n) is 4.70. The summed E-state index contributed by atoms with van der Waals surface area (Å²) in [5.74, 6) is 1.35. The summed E-state index contributed by atoms with van der Waals surface area (Å²) in [7, 11) is 0. The van der Waals surface area contributed by atoms with Crippen molar-refractivity contribution in [1.29, 1.82) is 0 Å². The van der Waals surface area contributed by atoms with Crippen molar-refractivity contribution in [1.82, 2.24) is 14.5 Å². The van der Waals surface area contributed by atoms with Crippen molar-refractivity contribution in [3.05, 3.63) is 51.9 Å². The van der Waals surface area contributed by atoms with E-state index in [2.05, 4.69) is 9.97 Å². The topological polar surface area (TPSA) is 30.7 Å². The molecule has 3 aromatic rings. The van der Waals surface area contributed by atoms with Gasteiger partial charge >= 0.3 is 0 Å². The van der Waals surface area contributed by atoms with Crippen LogP contribution in [0.15, 0.2) is 30.3 Å². The summed E-state index contributed by atoms with van der Waals surface area (Å²) in [5.41, 5.74) is 3.45. The standard InChI is InChI=1S/C15H12Cl3N3/c1-9-2-5-13-15(19-9)21(14(20-13)6-7-16)10-3-4-11(17)12(18)8-10/h2-5,8H,6-7H2,1H3. The van der Waals surface area contributed by atoms with Gasteiger partial charge in [0.15, 0.2) is 5.65 Å². The number of hydrogen-bond acceptors (Lipinski definition) is 2. The Hall–Kier alpha value is -1.29. The summed E-state index contributed by atoms with van der Waals surface area (Å²) < 4.78 is 1.98. The molecule has 108 valence electrons. The number of aromatic nitrogens is 3. The Morgan fingerprint density at radius 2 is 1.86 bits per heavy atom. The lowest BCUT2D eigenvalue weighted by atomic mass is 10.3. The number of hydrogen-bond donors (Lipinski definition) is 0. The molecule has 0 aliphatic rings. The fraction of sp³-hybridized carbons (Fsp3) is 0.200. The highest BCUT2D eigenvalue weighted by Crippen LogP contribution is 2.27. The molecule has 0 unspecified atom stereocenters. The largest absolute Gasteiger partial charge is 0.281 e. The van der Waals surface area contributed by atoms with Crippen molar-refractivity contribution in [3.63, 3.8) is 0 Å². The van der Waals surface area contributed by atoms with Gasteiger partial charge in [-0.05, 0) is 37.3 Å². The molecule has 0 saturated carbocycles. The SMILES string of the molecule is Cc1ccc2nc(CCCl)n(-c3ccc(Cl)c(Cl)c3)c2n1. The van der Waals surface area contributed by atoms with E-state index in [4.69, 9.17) is 34.8 Å². The molecule has 0 radical (unpaired) electrons. The van der Waals surface area contributed by atoms with Gasteiger partial charge in [0.05, 0.1) is 15.7 Å². The molecule has 1 aromatic carbocycles. The van der Waals surface area contributed by atoms with Gasteiger partial charge in [-0.3, -0.25) is 4.57 Å². The van der Waals surface area contributed by atoms with Gasteiger partial charge in [0.1, 0.15) is 11.3 Å². The van der Waals surface area contributed by atoms with Crippen LogP contribution in [0, 0.1) is 6.92 Å². The number of halogens is 3. The summed E-state index contributed by atoms with van der Waals surface area (Å²) in [5, 5.41) is 1.02. The Morgan fingerprint density at radius 3 is 2.57 bits per heavy atom.